The van der Waals surface area contributed by atoms with Crippen LogP contribution in [0.4, 0.5) is 0 Å². The maximum absolute atomic E-state index is 2.30. The lowest BCUT2D eigenvalue weighted by Gasteiger charge is -2.21. The summed E-state index contributed by atoms with van der Waals surface area (Å²) < 4.78 is 0. The first-order chi connectivity index (χ1) is 10.4. The third-order valence-corrected chi connectivity index (χ3v) is 6.19. The van der Waals surface area contributed by atoms with Crippen molar-refractivity contribution in [3.63, 3.8) is 0 Å². The smallest absolute Gasteiger partial charge is 0.0119 e. The molecule has 0 saturated heterocycles. The Morgan fingerprint density at radius 1 is 0.636 bits per heavy atom. The van der Waals surface area contributed by atoms with Crippen molar-refractivity contribution >= 4 is 40.8 Å². The van der Waals surface area contributed by atoms with Gasteiger partial charge in [-0.2, -0.15) is 0 Å². The molecule has 0 N–H and O–H groups in total. The van der Waals surface area contributed by atoms with E-state index in [4.69, 9.17) is 0 Å². The zero-order chi connectivity index (χ0) is 14.5. The summed E-state index contributed by atoms with van der Waals surface area (Å²) in [5.41, 5.74) is 1.45. The van der Waals surface area contributed by atoms with Crippen molar-refractivity contribution in [2.45, 2.75) is 13.3 Å². The fourth-order valence-corrected chi connectivity index (χ4v) is 5.16. The summed E-state index contributed by atoms with van der Waals surface area (Å²) in [5.74, 6) is 0. The average molecular weight is 371 g/mol. The zero-order valence-corrected chi connectivity index (χ0v) is 15.3. The summed E-state index contributed by atoms with van der Waals surface area (Å²) in [5, 5.41) is 4.31. The Morgan fingerprint density at radius 2 is 1.09 bits per heavy atom. The fourth-order valence-electron chi connectivity index (χ4n) is 2.61. The molecule has 0 aliphatic carbocycles. The topological polar surface area (TPSA) is 0 Å². The first-order valence-electron chi connectivity index (χ1n) is 7.38. The summed E-state index contributed by atoms with van der Waals surface area (Å²) in [6.45, 7) is 2.24. The van der Waals surface area contributed by atoms with Gasteiger partial charge in [-0.15, -0.1) is 17.0 Å². The van der Waals surface area contributed by atoms with Crippen LogP contribution >= 0.6 is 24.9 Å². The van der Waals surface area contributed by atoms with Crippen LogP contribution in [-0.2, 0) is 6.42 Å². The second-order valence-electron chi connectivity index (χ2n) is 4.99. The molecule has 3 aromatic carbocycles. The van der Waals surface area contributed by atoms with Gasteiger partial charge >= 0.3 is 0 Å². The first-order valence-corrected chi connectivity index (χ1v) is 8.72. The highest BCUT2D eigenvalue weighted by atomic mass is 79.9. The molecule has 2 heteroatoms. The summed E-state index contributed by atoms with van der Waals surface area (Å²) in [6.07, 6.45) is 1.08. The molecular weight excluding hydrogens is 351 g/mol. The predicted octanol–water partition coefficient (Wildman–Crippen LogP) is 4.59. The highest BCUT2D eigenvalue weighted by Gasteiger charge is 2.18. The summed E-state index contributed by atoms with van der Waals surface area (Å²) >= 11 is 0. The molecule has 22 heavy (non-hydrogen) atoms. The minimum Gasteiger partial charge on any atom is -0.114 e. The van der Waals surface area contributed by atoms with E-state index in [9.17, 15) is 0 Å². The van der Waals surface area contributed by atoms with Crippen LogP contribution in [0.5, 0.6) is 0 Å². The van der Waals surface area contributed by atoms with Gasteiger partial charge in [-0.1, -0.05) is 91.9 Å². The maximum Gasteiger partial charge on any atom is -0.0119 e. The van der Waals surface area contributed by atoms with Crippen molar-refractivity contribution in [2.75, 3.05) is 0 Å². The van der Waals surface area contributed by atoms with E-state index in [0.717, 1.165) is 6.42 Å². The van der Waals surface area contributed by atoms with E-state index in [0.29, 0.717) is 0 Å². The molecular formula is C20H20BrP. The molecule has 0 bridgehead atoms. The van der Waals surface area contributed by atoms with Crippen LogP contribution in [-0.4, -0.2) is 0 Å². The molecule has 0 heterocycles. The highest BCUT2D eigenvalue weighted by molar-refractivity contribution is 8.93. The fraction of sp³-hybridized carbons (Fsp3) is 0.100. The Kier molecular flexibility index (Phi) is 6.36. The van der Waals surface area contributed by atoms with E-state index in [2.05, 4.69) is 91.9 Å². The van der Waals surface area contributed by atoms with Crippen LogP contribution in [0.25, 0.3) is 0 Å². The minimum atomic E-state index is -0.473. The van der Waals surface area contributed by atoms with Gasteiger partial charge < -0.3 is 0 Å². The van der Waals surface area contributed by atoms with Gasteiger partial charge in [-0.05, 0) is 35.8 Å². The number of benzene rings is 3. The Labute approximate surface area is 144 Å². The molecule has 0 amide bonds. The van der Waals surface area contributed by atoms with Crippen LogP contribution in [0, 0.1) is 0 Å². The van der Waals surface area contributed by atoms with Gasteiger partial charge in [-0.3, -0.25) is 0 Å². The molecule has 0 aromatic heterocycles. The molecule has 3 rings (SSSR count). The number of hydrogen-bond donors (Lipinski definition) is 0. The third kappa shape index (κ3) is 3.66. The van der Waals surface area contributed by atoms with Gasteiger partial charge in [0.2, 0.25) is 0 Å². The molecule has 112 valence electrons. The van der Waals surface area contributed by atoms with Crippen molar-refractivity contribution in [3.8, 4) is 0 Å². The second kappa shape index (κ2) is 8.27. The number of hydrogen-bond acceptors (Lipinski definition) is 0. The SMILES string of the molecule is Br.CCc1ccccc1P(c1ccccc1)c1ccccc1. The second-order valence-corrected chi connectivity index (χ2v) is 7.17. The lowest BCUT2D eigenvalue weighted by Crippen LogP contribution is -2.22. The highest BCUT2D eigenvalue weighted by Crippen LogP contribution is 2.33. The van der Waals surface area contributed by atoms with E-state index in [-0.39, 0.29) is 17.0 Å². The molecule has 0 aliphatic heterocycles. The Balaban J connectivity index is 0.00000176. The van der Waals surface area contributed by atoms with Crippen LogP contribution in [0.1, 0.15) is 12.5 Å². The lowest BCUT2D eigenvalue weighted by atomic mass is 10.2. The van der Waals surface area contributed by atoms with E-state index in [1.54, 1.807) is 0 Å². The summed E-state index contributed by atoms with van der Waals surface area (Å²) in [4.78, 5) is 0. The van der Waals surface area contributed by atoms with Gasteiger partial charge in [0.1, 0.15) is 0 Å². The molecule has 0 fully saturated rings. The minimum absolute atomic E-state index is 0. The Morgan fingerprint density at radius 3 is 1.59 bits per heavy atom. The lowest BCUT2D eigenvalue weighted by molar-refractivity contribution is 1.15. The van der Waals surface area contributed by atoms with Gasteiger partial charge in [0, 0.05) is 0 Å². The van der Waals surface area contributed by atoms with Gasteiger partial charge in [0.05, 0.1) is 0 Å². The van der Waals surface area contributed by atoms with Crippen LogP contribution in [0.3, 0.4) is 0 Å². The molecule has 0 unspecified atom stereocenters. The molecule has 0 nitrogen and oxygen atoms in total. The summed E-state index contributed by atoms with van der Waals surface area (Å²) in [6, 6.07) is 30.6. The molecule has 0 atom stereocenters. The van der Waals surface area contributed by atoms with Crippen molar-refractivity contribution in [2.24, 2.45) is 0 Å². The van der Waals surface area contributed by atoms with Crippen molar-refractivity contribution in [3.05, 3.63) is 90.5 Å². The molecule has 0 saturated carbocycles. The van der Waals surface area contributed by atoms with Gasteiger partial charge in [-0.25, -0.2) is 0 Å². The van der Waals surface area contributed by atoms with Crippen LogP contribution in [0.2, 0.25) is 0 Å². The molecule has 0 spiro atoms. The van der Waals surface area contributed by atoms with Gasteiger partial charge in [0.25, 0.3) is 0 Å². The first kappa shape index (κ1) is 16.9. The predicted molar refractivity (Wildman–Crippen MR) is 105 cm³/mol. The Bertz CT molecular complexity index is 656. The summed E-state index contributed by atoms with van der Waals surface area (Å²) in [7, 11) is -0.473. The largest absolute Gasteiger partial charge is 0.114 e. The van der Waals surface area contributed by atoms with Crippen molar-refractivity contribution < 1.29 is 0 Å². The standard InChI is InChI=1S/C20H19P.BrH/c1-2-17-11-9-10-16-20(17)21(18-12-5-3-6-13-18)19-14-7-4-8-15-19;/h3-16H,2H2,1H3;1H. The van der Waals surface area contributed by atoms with E-state index in [1.165, 1.54) is 21.5 Å². The number of halogens is 1. The molecule has 0 aliphatic rings. The van der Waals surface area contributed by atoms with E-state index < -0.39 is 7.92 Å². The number of aryl methyl sites for hydroxylation is 1. The van der Waals surface area contributed by atoms with Crippen LogP contribution in [0.15, 0.2) is 84.9 Å². The average Bonchev–Trinajstić information content (AvgIpc) is 2.58. The monoisotopic (exact) mass is 370 g/mol. The molecule has 3 aromatic rings. The Hall–Kier alpha value is -1.43. The van der Waals surface area contributed by atoms with Crippen molar-refractivity contribution in [1.29, 1.82) is 0 Å². The van der Waals surface area contributed by atoms with Gasteiger partial charge in [0.15, 0.2) is 0 Å². The van der Waals surface area contributed by atoms with E-state index in [1.807, 2.05) is 0 Å². The quantitative estimate of drug-likeness (QED) is 0.589. The van der Waals surface area contributed by atoms with Crippen LogP contribution < -0.4 is 15.9 Å². The third-order valence-electron chi connectivity index (χ3n) is 3.64. The van der Waals surface area contributed by atoms with Crippen molar-refractivity contribution in [1.82, 2.24) is 0 Å². The zero-order valence-electron chi connectivity index (χ0n) is 12.6. The molecule has 0 radical (unpaired) electrons. The van der Waals surface area contributed by atoms with E-state index >= 15 is 0 Å². The maximum atomic E-state index is 2.30. The normalized spacial score (nSPS) is 10.3. The number of rotatable bonds is 4.